The fraction of sp³-hybridized carbons (Fsp3) is 0.421. The summed E-state index contributed by atoms with van der Waals surface area (Å²) in [6.07, 6.45) is -0.378. The van der Waals surface area contributed by atoms with Gasteiger partial charge >= 0.3 is 0 Å². The van der Waals surface area contributed by atoms with Crippen molar-refractivity contribution in [3.63, 3.8) is 0 Å². The fourth-order valence-corrected chi connectivity index (χ4v) is 3.10. The molecule has 0 radical (unpaired) electrons. The number of carbonyl (C=O) groups is 1. The maximum absolute atomic E-state index is 12.4. The van der Waals surface area contributed by atoms with E-state index in [0.29, 0.717) is 13.1 Å². The van der Waals surface area contributed by atoms with Gasteiger partial charge in [-0.1, -0.05) is 24.3 Å². The summed E-state index contributed by atoms with van der Waals surface area (Å²) in [6, 6.07) is 12.0. The molecule has 1 amide bonds. The number of benzene rings is 2. The Bertz CT molecular complexity index is 732. The molecule has 0 spiro atoms. The van der Waals surface area contributed by atoms with E-state index in [9.17, 15) is 9.90 Å². The van der Waals surface area contributed by atoms with Crippen LogP contribution in [-0.2, 0) is 4.79 Å². The summed E-state index contributed by atoms with van der Waals surface area (Å²) in [4.78, 5) is 12.4. The van der Waals surface area contributed by atoms with Gasteiger partial charge in [-0.2, -0.15) is 0 Å². The van der Waals surface area contributed by atoms with Crippen LogP contribution in [-0.4, -0.2) is 43.9 Å². The quantitative estimate of drug-likeness (QED) is 0.780. The zero-order valence-electron chi connectivity index (χ0n) is 14.1. The zero-order chi connectivity index (χ0) is 17.1. The van der Waals surface area contributed by atoms with Crippen LogP contribution in [0.15, 0.2) is 36.4 Å². The van der Waals surface area contributed by atoms with Crippen LogP contribution in [0.4, 0.5) is 0 Å². The molecular formula is C19H24N2O3. The Hall–Kier alpha value is -2.11. The first kappa shape index (κ1) is 16.7. The molecule has 3 atom stereocenters. The van der Waals surface area contributed by atoms with Crippen LogP contribution in [0.25, 0.3) is 10.8 Å². The summed E-state index contributed by atoms with van der Waals surface area (Å²) in [6.45, 7) is 3.75. The van der Waals surface area contributed by atoms with Crippen LogP contribution >= 0.6 is 0 Å². The van der Waals surface area contributed by atoms with Crippen molar-refractivity contribution in [1.82, 2.24) is 10.6 Å². The zero-order valence-corrected chi connectivity index (χ0v) is 14.1. The average Bonchev–Trinajstić information content (AvgIpc) is 3.03. The Morgan fingerprint density at radius 2 is 2.04 bits per heavy atom. The molecule has 24 heavy (non-hydrogen) atoms. The molecule has 5 nitrogen and oxygen atoms in total. The number of ether oxygens (including phenoxy) is 1. The van der Waals surface area contributed by atoms with Gasteiger partial charge in [0.15, 0.2) is 0 Å². The van der Waals surface area contributed by atoms with Gasteiger partial charge in [0.1, 0.15) is 5.75 Å². The van der Waals surface area contributed by atoms with E-state index in [2.05, 4.69) is 10.6 Å². The van der Waals surface area contributed by atoms with E-state index in [-0.39, 0.29) is 23.8 Å². The van der Waals surface area contributed by atoms with Gasteiger partial charge in [0.2, 0.25) is 5.91 Å². The highest BCUT2D eigenvalue weighted by Crippen LogP contribution is 2.25. The normalized spacial score (nSPS) is 21.6. The van der Waals surface area contributed by atoms with E-state index in [1.807, 2.05) is 43.3 Å². The SMILES string of the molecule is COc1ccc2cc(C(C)C(=O)NCC3CNCC3O)ccc2c1. The molecule has 1 saturated heterocycles. The van der Waals surface area contributed by atoms with Crippen molar-refractivity contribution < 1.29 is 14.6 Å². The van der Waals surface area contributed by atoms with Crippen LogP contribution in [0.2, 0.25) is 0 Å². The number of amides is 1. The molecule has 0 aromatic heterocycles. The minimum Gasteiger partial charge on any atom is -0.497 e. The van der Waals surface area contributed by atoms with Crippen LogP contribution in [0.1, 0.15) is 18.4 Å². The number of aliphatic hydroxyl groups is 1. The summed E-state index contributed by atoms with van der Waals surface area (Å²) in [7, 11) is 1.65. The maximum atomic E-state index is 12.4. The third-order valence-corrected chi connectivity index (χ3v) is 4.81. The number of hydrogen-bond acceptors (Lipinski definition) is 4. The van der Waals surface area contributed by atoms with Crippen molar-refractivity contribution in [2.45, 2.75) is 18.9 Å². The lowest BCUT2D eigenvalue weighted by Gasteiger charge is -2.17. The van der Waals surface area contributed by atoms with Gasteiger partial charge in [0, 0.05) is 25.6 Å². The molecule has 128 valence electrons. The van der Waals surface area contributed by atoms with E-state index >= 15 is 0 Å². The molecule has 0 aliphatic carbocycles. The number of methoxy groups -OCH3 is 1. The van der Waals surface area contributed by atoms with E-state index in [1.54, 1.807) is 7.11 Å². The lowest BCUT2D eigenvalue weighted by molar-refractivity contribution is -0.122. The second-order valence-corrected chi connectivity index (χ2v) is 6.43. The molecule has 5 heteroatoms. The lowest BCUT2D eigenvalue weighted by Crippen LogP contribution is -2.36. The van der Waals surface area contributed by atoms with Gasteiger partial charge in [-0.3, -0.25) is 4.79 Å². The minimum absolute atomic E-state index is 0.0121. The molecule has 0 saturated carbocycles. The van der Waals surface area contributed by atoms with Crippen LogP contribution in [0, 0.1) is 5.92 Å². The highest BCUT2D eigenvalue weighted by molar-refractivity contribution is 5.88. The van der Waals surface area contributed by atoms with E-state index in [1.165, 1.54) is 0 Å². The van der Waals surface area contributed by atoms with E-state index in [4.69, 9.17) is 4.74 Å². The smallest absolute Gasteiger partial charge is 0.227 e. The Balaban J connectivity index is 1.68. The first-order valence-corrected chi connectivity index (χ1v) is 8.32. The van der Waals surface area contributed by atoms with Crippen molar-refractivity contribution in [2.75, 3.05) is 26.7 Å². The molecule has 1 aliphatic rings. The van der Waals surface area contributed by atoms with Crippen LogP contribution in [0.3, 0.4) is 0 Å². The molecule has 1 fully saturated rings. The number of hydrogen-bond donors (Lipinski definition) is 3. The summed E-state index contributed by atoms with van der Waals surface area (Å²) in [5, 5.41) is 18.1. The number of carbonyl (C=O) groups excluding carboxylic acids is 1. The van der Waals surface area contributed by atoms with E-state index < -0.39 is 0 Å². The summed E-state index contributed by atoms with van der Waals surface area (Å²) in [5.41, 5.74) is 0.982. The largest absolute Gasteiger partial charge is 0.497 e. The standard InChI is InChI=1S/C19H24N2O3/c1-12(19(23)21-10-16-9-20-11-18(16)22)13-3-4-15-8-17(24-2)6-5-14(15)7-13/h3-8,12,16,18,20,22H,9-11H2,1-2H3,(H,21,23). The van der Waals surface area contributed by atoms with Gasteiger partial charge in [-0.15, -0.1) is 0 Å². The maximum Gasteiger partial charge on any atom is 0.227 e. The van der Waals surface area contributed by atoms with Crippen molar-refractivity contribution >= 4 is 16.7 Å². The minimum atomic E-state index is -0.378. The fourth-order valence-electron chi connectivity index (χ4n) is 3.10. The average molecular weight is 328 g/mol. The predicted molar refractivity (Wildman–Crippen MR) is 94.3 cm³/mol. The molecule has 3 N–H and O–H groups in total. The molecule has 2 aromatic carbocycles. The highest BCUT2D eigenvalue weighted by atomic mass is 16.5. The van der Waals surface area contributed by atoms with Crippen molar-refractivity contribution in [3.8, 4) is 5.75 Å². The summed E-state index contributed by atoms with van der Waals surface area (Å²) >= 11 is 0. The van der Waals surface area contributed by atoms with Crippen LogP contribution in [0.5, 0.6) is 5.75 Å². The molecule has 2 aromatic rings. The second-order valence-electron chi connectivity index (χ2n) is 6.43. The summed E-state index contributed by atoms with van der Waals surface area (Å²) < 4.78 is 5.24. The van der Waals surface area contributed by atoms with Gasteiger partial charge in [0.25, 0.3) is 0 Å². The molecule has 1 aliphatic heterocycles. The molecule has 3 unspecified atom stereocenters. The van der Waals surface area contributed by atoms with Crippen LogP contribution < -0.4 is 15.4 Å². The number of fused-ring (bicyclic) bond motifs is 1. The molecule has 0 bridgehead atoms. The van der Waals surface area contributed by atoms with Gasteiger partial charge < -0.3 is 20.5 Å². The first-order chi connectivity index (χ1) is 11.6. The van der Waals surface area contributed by atoms with Crippen molar-refractivity contribution in [3.05, 3.63) is 42.0 Å². The van der Waals surface area contributed by atoms with Crippen molar-refractivity contribution in [2.24, 2.45) is 5.92 Å². The first-order valence-electron chi connectivity index (χ1n) is 8.32. The Morgan fingerprint density at radius 3 is 2.75 bits per heavy atom. The third kappa shape index (κ3) is 3.52. The molecule has 3 rings (SSSR count). The Morgan fingerprint density at radius 1 is 1.29 bits per heavy atom. The lowest BCUT2D eigenvalue weighted by atomic mass is 9.96. The number of nitrogens with one attached hydrogen (secondary N) is 2. The topological polar surface area (TPSA) is 70.6 Å². The predicted octanol–water partition coefficient (Wildman–Crippen LogP) is 1.65. The van der Waals surface area contributed by atoms with Gasteiger partial charge in [-0.05, 0) is 35.4 Å². The monoisotopic (exact) mass is 328 g/mol. The Labute approximate surface area is 142 Å². The second kappa shape index (κ2) is 7.20. The summed E-state index contributed by atoms with van der Waals surface area (Å²) in [5.74, 6) is 0.667. The number of aliphatic hydroxyl groups excluding tert-OH is 1. The van der Waals surface area contributed by atoms with Gasteiger partial charge in [0.05, 0.1) is 19.1 Å². The van der Waals surface area contributed by atoms with Crippen molar-refractivity contribution in [1.29, 1.82) is 0 Å². The molecule has 1 heterocycles. The highest BCUT2D eigenvalue weighted by Gasteiger charge is 2.26. The van der Waals surface area contributed by atoms with Gasteiger partial charge in [-0.25, -0.2) is 0 Å². The van der Waals surface area contributed by atoms with E-state index in [0.717, 1.165) is 28.6 Å². The third-order valence-electron chi connectivity index (χ3n) is 4.81. The Kier molecular flexibility index (Phi) is 5.02. The molecular weight excluding hydrogens is 304 g/mol. The number of rotatable bonds is 5. The number of β-amino-alcohol motifs (C(OH)–C–C–N with tert-alkyl or cyclic N) is 1.